The molecule has 2 rings (SSSR count). The summed E-state index contributed by atoms with van der Waals surface area (Å²) in [5.41, 5.74) is 0.415. The average molecular weight is 203 g/mol. The zero-order valence-electron chi connectivity index (χ0n) is 7.02. The van der Waals surface area contributed by atoms with E-state index in [1.807, 2.05) is 6.07 Å². The van der Waals surface area contributed by atoms with Crippen molar-refractivity contribution in [3.05, 3.63) is 28.6 Å². The Hall–Kier alpha value is -1.86. The van der Waals surface area contributed by atoms with E-state index in [0.29, 0.717) is 16.7 Å². The molecule has 0 amide bonds. The van der Waals surface area contributed by atoms with Crippen molar-refractivity contribution in [2.24, 2.45) is 0 Å². The van der Waals surface area contributed by atoms with Crippen LogP contribution in [0.3, 0.4) is 0 Å². The van der Waals surface area contributed by atoms with Crippen LogP contribution in [0.2, 0.25) is 0 Å². The number of rotatable bonds is 1. The van der Waals surface area contributed by atoms with E-state index in [4.69, 9.17) is 5.26 Å². The molecule has 0 aliphatic heterocycles. The van der Waals surface area contributed by atoms with Gasteiger partial charge < -0.3 is 5.11 Å². The molecular weight excluding hydrogens is 198 g/mol. The summed E-state index contributed by atoms with van der Waals surface area (Å²) in [7, 11) is 0. The molecule has 4 heteroatoms. The topological polar surface area (TPSA) is 61.1 Å². The molecule has 0 spiro atoms. The first-order chi connectivity index (χ1) is 6.74. The molecule has 0 radical (unpaired) electrons. The fourth-order valence-electron chi connectivity index (χ4n) is 1.30. The van der Waals surface area contributed by atoms with E-state index in [-0.39, 0.29) is 5.75 Å². The quantitative estimate of drug-likeness (QED) is 0.723. The van der Waals surface area contributed by atoms with E-state index in [2.05, 4.69) is 0 Å². The third-order valence-corrected chi connectivity index (χ3v) is 2.88. The Morgan fingerprint density at radius 2 is 2.21 bits per heavy atom. The van der Waals surface area contributed by atoms with E-state index < -0.39 is 0 Å². The number of phenolic OH excluding ortho intramolecular Hbond substituents is 1. The maximum atomic E-state index is 10.7. The van der Waals surface area contributed by atoms with Gasteiger partial charge in [0, 0.05) is 15.6 Å². The molecule has 1 aromatic carbocycles. The van der Waals surface area contributed by atoms with Crippen LogP contribution in [0, 0.1) is 11.3 Å². The molecule has 0 bridgehead atoms. The lowest BCUT2D eigenvalue weighted by Gasteiger charge is -1.95. The number of nitrogens with zero attached hydrogens (tertiary/aromatic N) is 1. The number of hydrogen-bond acceptors (Lipinski definition) is 4. The summed E-state index contributed by atoms with van der Waals surface area (Å²) in [6.45, 7) is 0. The Kier molecular flexibility index (Phi) is 1.95. The zero-order chi connectivity index (χ0) is 10.1. The molecule has 0 fully saturated rings. The van der Waals surface area contributed by atoms with Crippen LogP contribution in [0.1, 0.15) is 15.2 Å². The first-order valence-electron chi connectivity index (χ1n) is 3.86. The van der Waals surface area contributed by atoms with Gasteiger partial charge in [-0.2, -0.15) is 5.26 Å². The molecular formula is C10H5NO2S. The maximum Gasteiger partial charge on any atom is 0.150 e. The summed E-state index contributed by atoms with van der Waals surface area (Å²) < 4.78 is 0.753. The second-order valence-corrected chi connectivity index (χ2v) is 3.87. The van der Waals surface area contributed by atoms with Crippen LogP contribution in [0.15, 0.2) is 18.2 Å². The predicted octanol–water partition coefficient (Wildman–Crippen LogP) is 2.29. The minimum Gasteiger partial charge on any atom is -0.508 e. The molecule has 68 valence electrons. The van der Waals surface area contributed by atoms with Crippen molar-refractivity contribution in [2.75, 3.05) is 0 Å². The molecule has 0 aliphatic rings. The summed E-state index contributed by atoms with van der Waals surface area (Å²) >= 11 is 1.26. The lowest BCUT2D eigenvalue weighted by atomic mass is 10.1. The van der Waals surface area contributed by atoms with Crippen LogP contribution in [-0.2, 0) is 0 Å². The number of nitriles is 1. The average Bonchev–Trinajstić information content (AvgIpc) is 2.59. The van der Waals surface area contributed by atoms with Crippen molar-refractivity contribution in [1.82, 2.24) is 0 Å². The van der Waals surface area contributed by atoms with Crippen molar-refractivity contribution in [1.29, 1.82) is 5.26 Å². The number of benzene rings is 1. The highest BCUT2D eigenvalue weighted by atomic mass is 32.1. The smallest absolute Gasteiger partial charge is 0.150 e. The lowest BCUT2D eigenvalue weighted by Crippen LogP contribution is -1.79. The van der Waals surface area contributed by atoms with Crippen molar-refractivity contribution < 1.29 is 9.90 Å². The van der Waals surface area contributed by atoms with Crippen LogP contribution in [0.5, 0.6) is 5.75 Å². The Morgan fingerprint density at radius 3 is 2.86 bits per heavy atom. The van der Waals surface area contributed by atoms with E-state index in [9.17, 15) is 9.90 Å². The van der Waals surface area contributed by atoms with Crippen molar-refractivity contribution in [2.45, 2.75) is 0 Å². The highest BCUT2D eigenvalue weighted by Gasteiger charge is 2.07. The molecule has 0 saturated heterocycles. The SMILES string of the molecule is N#Cc1cc2c(C=O)cc(O)cc2s1. The van der Waals surface area contributed by atoms with E-state index in [0.717, 1.165) is 10.1 Å². The van der Waals surface area contributed by atoms with Gasteiger partial charge in [0.25, 0.3) is 0 Å². The summed E-state index contributed by atoms with van der Waals surface area (Å²) in [4.78, 5) is 11.2. The number of carbonyl (C=O) groups excluding carboxylic acids is 1. The molecule has 0 unspecified atom stereocenters. The Balaban J connectivity index is 2.86. The first kappa shape index (κ1) is 8.73. The second kappa shape index (κ2) is 3.13. The van der Waals surface area contributed by atoms with Gasteiger partial charge in [-0.25, -0.2) is 0 Å². The van der Waals surface area contributed by atoms with Crippen molar-refractivity contribution in [3.63, 3.8) is 0 Å². The van der Waals surface area contributed by atoms with Crippen LogP contribution in [0.25, 0.3) is 10.1 Å². The van der Waals surface area contributed by atoms with Gasteiger partial charge in [-0.15, -0.1) is 11.3 Å². The van der Waals surface area contributed by atoms with Gasteiger partial charge in [0.2, 0.25) is 0 Å². The molecule has 0 saturated carbocycles. The van der Waals surface area contributed by atoms with Crippen LogP contribution >= 0.6 is 11.3 Å². The molecule has 2 aromatic rings. The number of aldehydes is 1. The highest BCUT2D eigenvalue weighted by Crippen LogP contribution is 2.30. The summed E-state index contributed by atoms with van der Waals surface area (Å²) in [5, 5.41) is 18.7. The summed E-state index contributed by atoms with van der Waals surface area (Å²) in [6, 6.07) is 6.61. The van der Waals surface area contributed by atoms with Crippen molar-refractivity contribution >= 4 is 27.7 Å². The van der Waals surface area contributed by atoms with Gasteiger partial charge in [0.15, 0.2) is 6.29 Å². The maximum absolute atomic E-state index is 10.7. The monoisotopic (exact) mass is 203 g/mol. The van der Waals surface area contributed by atoms with Gasteiger partial charge in [0.1, 0.15) is 16.7 Å². The predicted molar refractivity (Wildman–Crippen MR) is 53.6 cm³/mol. The normalized spacial score (nSPS) is 9.93. The van der Waals surface area contributed by atoms with Gasteiger partial charge in [0.05, 0.1) is 0 Å². The largest absolute Gasteiger partial charge is 0.508 e. The molecule has 14 heavy (non-hydrogen) atoms. The number of carbonyl (C=O) groups is 1. The lowest BCUT2D eigenvalue weighted by molar-refractivity contribution is 0.112. The number of aromatic hydroxyl groups is 1. The highest BCUT2D eigenvalue weighted by molar-refractivity contribution is 7.19. The number of hydrogen-bond donors (Lipinski definition) is 1. The molecule has 1 heterocycles. The van der Waals surface area contributed by atoms with E-state index >= 15 is 0 Å². The third kappa shape index (κ3) is 1.24. The van der Waals surface area contributed by atoms with Crippen LogP contribution < -0.4 is 0 Å². The molecule has 3 nitrogen and oxygen atoms in total. The minimum absolute atomic E-state index is 0.0472. The first-order valence-corrected chi connectivity index (χ1v) is 4.68. The third-order valence-electron chi connectivity index (χ3n) is 1.89. The zero-order valence-corrected chi connectivity index (χ0v) is 7.84. The van der Waals surface area contributed by atoms with Gasteiger partial charge in [-0.05, 0) is 18.2 Å². The number of fused-ring (bicyclic) bond motifs is 1. The fourth-order valence-corrected chi connectivity index (χ4v) is 2.23. The summed E-state index contributed by atoms with van der Waals surface area (Å²) in [6.07, 6.45) is 0.677. The number of phenols is 1. The van der Waals surface area contributed by atoms with Gasteiger partial charge in [-0.3, -0.25) is 4.79 Å². The van der Waals surface area contributed by atoms with Crippen LogP contribution in [-0.4, -0.2) is 11.4 Å². The fraction of sp³-hybridized carbons (Fsp3) is 0. The standard InChI is InChI=1S/C10H5NO2S/c11-4-8-3-9-6(5-12)1-7(13)2-10(9)14-8/h1-3,5,13H. The van der Waals surface area contributed by atoms with E-state index in [1.165, 1.54) is 17.4 Å². The molecule has 0 aliphatic carbocycles. The van der Waals surface area contributed by atoms with Crippen molar-refractivity contribution in [3.8, 4) is 11.8 Å². The van der Waals surface area contributed by atoms with Gasteiger partial charge in [-0.1, -0.05) is 0 Å². The second-order valence-electron chi connectivity index (χ2n) is 2.79. The Labute approximate surface area is 83.8 Å². The summed E-state index contributed by atoms with van der Waals surface area (Å²) in [5.74, 6) is 0.0472. The molecule has 0 atom stereocenters. The Morgan fingerprint density at radius 1 is 1.43 bits per heavy atom. The van der Waals surface area contributed by atoms with E-state index in [1.54, 1.807) is 12.1 Å². The number of thiophene rings is 1. The molecule has 1 N–H and O–H groups in total. The van der Waals surface area contributed by atoms with Crippen LogP contribution in [0.4, 0.5) is 0 Å². The minimum atomic E-state index is 0.0472. The molecule has 1 aromatic heterocycles. The Bertz CT molecular complexity index is 551. The van der Waals surface area contributed by atoms with Gasteiger partial charge >= 0.3 is 0 Å².